The Labute approximate surface area is 136 Å². The molecule has 2 aromatic carbocycles. The van der Waals surface area contributed by atoms with Crippen LogP contribution in [0.3, 0.4) is 0 Å². The van der Waals surface area contributed by atoms with Gasteiger partial charge in [0.2, 0.25) is 0 Å². The molecule has 2 heterocycles. The summed E-state index contributed by atoms with van der Waals surface area (Å²) in [5.41, 5.74) is 1.96. The summed E-state index contributed by atoms with van der Waals surface area (Å²) in [5, 5.41) is 30.5. The molecule has 0 saturated heterocycles. The van der Waals surface area contributed by atoms with Crippen molar-refractivity contribution < 1.29 is 9.46 Å². The lowest BCUT2D eigenvalue weighted by Gasteiger charge is -2.16. The van der Waals surface area contributed by atoms with Crippen molar-refractivity contribution in [2.24, 2.45) is 0 Å². The van der Waals surface area contributed by atoms with Gasteiger partial charge in [0.25, 0.3) is 11.0 Å². The molecular weight excluding hydrogens is 308 g/mol. The summed E-state index contributed by atoms with van der Waals surface area (Å²) in [4.78, 5) is 0. The van der Waals surface area contributed by atoms with Crippen molar-refractivity contribution >= 4 is 21.9 Å². The molecule has 114 valence electrons. The highest BCUT2D eigenvalue weighted by atomic mass is 32.2. The van der Waals surface area contributed by atoms with E-state index in [9.17, 15) is 10.4 Å². The van der Waals surface area contributed by atoms with Crippen molar-refractivity contribution in [1.29, 1.82) is 0 Å². The van der Waals surface area contributed by atoms with Crippen molar-refractivity contribution in [2.45, 2.75) is 5.03 Å². The molecule has 0 fully saturated rings. The molecule has 1 aliphatic heterocycles. The fraction of sp³-hybridized carbons (Fsp3) is 0. The van der Waals surface area contributed by atoms with Crippen LogP contribution in [0.15, 0.2) is 82.6 Å². The number of hydrogen-bond donors (Lipinski definition) is 1. The molecule has 23 heavy (non-hydrogen) atoms. The van der Waals surface area contributed by atoms with Gasteiger partial charge in [-0.15, -0.1) is 15.6 Å². The molecule has 1 aromatic heterocycles. The van der Waals surface area contributed by atoms with Crippen molar-refractivity contribution in [2.75, 3.05) is 0 Å². The molecule has 5 heteroatoms. The van der Waals surface area contributed by atoms with Gasteiger partial charge in [-0.05, 0) is 22.9 Å². The van der Waals surface area contributed by atoms with Crippen LogP contribution in [0, 0.1) is 10.4 Å². The minimum absolute atomic E-state index is 0.382. The Kier molecular flexibility index (Phi) is 3.28. The first kappa shape index (κ1) is 13.8. The van der Waals surface area contributed by atoms with E-state index >= 15 is 0 Å². The highest BCUT2D eigenvalue weighted by Gasteiger charge is 2.32. The second-order valence-corrected chi connectivity index (χ2v) is 7.04. The van der Waals surface area contributed by atoms with E-state index in [-0.39, 0.29) is 0 Å². The third kappa shape index (κ3) is 2.17. The van der Waals surface area contributed by atoms with E-state index in [0.717, 1.165) is 15.0 Å². The molecule has 0 amide bonds. The summed E-state index contributed by atoms with van der Waals surface area (Å²) >= 11 is 0. The van der Waals surface area contributed by atoms with Crippen molar-refractivity contribution in [1.82, 2.24) is 0 Å². The van der Waals surface area contributed by atoms with Gasteiger partial charge in [-0.25, -0.2) is 0 Å². The van der Waals surface area contributed by atoms with Crippen LogP contribution in [0.1, 0.15) is 0 Å². The van der Waals surface area contributed by atoms with Crippen molar-refractivity contribution in [3.8, 4) is 11.3 Å². The zero-order valence-corrected chi connectivity index (χ0v) is 13.1. The van der Waals surface area contributed by atoms with Gasteiger partial charge < -0.3 is 10.4 Å². The first-order valence-corrected chi connectivity index (χ1v) is 8.72. The molecular formula is C18H14N2O2S. The molecule has 0 radical (unpaired) electrons. The van der Waals surface area contributed by atoms with E-state index in [1.807, 2.05) is 53.3 Å². The Morgan fingerprint density at radius 2 is 1.26 bits per heavy atom. The number of aromatic nitrogens is 2. The van der Waals surface area contributed by atoms with Gasteiger partial charge in [-0.3, -0.25) is 0 Å². The molecule has 0 bridgehead atoms. The van der Waals surface area contributed by atoms with Crippen LogP contribution in [0.25, 0.3) is 22.3 Å². The molecule has 0 aliphatic carbocycles. The molecule has 4 rings (SSSR count). The number of benzene rings is 2. The van der Waals surface area contributed by atoms with Gasteiger partial charge in [0.1, 0.15) is 0 Å². The van der Waals surface area contributed by atoms with Crippen LogP contribution in [0.2, 0.25) is 0 Å². The third-order valence-corrected chi connectivity index (χ3v) is 5.69. The normalized spacial score (nSPS) is 14.7. The Morgan fingerprint density at radius 3 is 1.91 bits per heavy atom. The van der Waals surface area contributed by atoms with Crippen LogP contribution in [-0.4, -0.2) is 0 Å². The lowest BCUT2D eigenvalue weighted by Crippen LogP contribution is -2.42. The summed E-state index contributed by atoms with van der Waals surface area (Å²) in [7, 11) is -0.926. The van der Waals surface area contributed by atoms with Gasteiger partial charge in [0.05, 0.1) is 5.56 Å². The largest absolute Gasteiger partial charge is 0.617 e. The quantitative estimate of drug-likeness (QED) is 0.447. The number of para-hydroxylation sites is 2. The average molecular weight is 322 g/mol. The molecule has 4 nitrogen and oxygen atoms in total. The molecule has 0 atom stereocenters. The minimum Gasteiger partial charge on any atom is -0.617 e. The lowest BCUT2D eigenvalue weighted by molar-refractivity contribution is -0.653. The Bertz CT molecular complexity index is 940. The number of nitrogens with zero attached hydrogens (tertiary/aromatic N) is 2. The molecule has 0 saturated carbocycles. The SMILES string of the molecule is [O-][n+]1c(-c2ccccc2)c([SH]2C=CC=C2)[n+]([O-])c2ccccc21. The summed E-state index contributed by atoms with van der Waals surface area (Å²) in [6.45, 7) is 0. The van der Waals surface area contributed by atoms with Crippen LogP contribution in [0.4, 0.5) is 0 Å². The predicted octanol–water partition coefficient (Wildman–Crippen LogP) is 3.17. The minimum atomic E-state index is -0.926. The Balaban J connectivity index is 2.14. The fourth-order valence-corrected chi connectivity index (χ4v) is 4.51. The van der Waals surface area contributed by atoms with Gasteiger partial charge in [0.15, 0.2) is 0 Å². The van der Waals surface area contributed by atoms with E-state index in [2.05, 4.69) is 0 Å². The number of hydrogen-bond acceptors (Lipinski definition) is 2. The summed E-state index contributed by atoms with van der Waals surface area (Å²) in [6, 6.07) is 16.3. The van der Waals surface area contributed by atoms with Gasteiger partial charge in [-0.2, -0.15) is 4.73 Å². The van der Waals surface area contributed by atoms with Crippen LogP contribution >= 0.6 is 10.9 Å². The van der Waals surface area contributed by atoms with Crippen LogP contribution in [-0.2, 0) is 0 Å². The van der Waals surface area contributed by atoms with E-state index in [0.29, 0.717) is 21.8 Å². The zero-order chi connectivity index (χ0) is 15.8. The monoisotopic (exact) mass is 322 g/mol. The predicted molar refractivity (Wildman–Crippen MR) is 92.8 cm³/mol. The molecule has 0 spiro atoms. The summed E-state index contributed by atoms with van der Waals surface area (Å²) in [6.07, 6.45) is 3.84. The van der Waals surface area contributed by atoms with E-state index in [1.54, 1.807) is 24.3 Å². The maximum Gasteiger partial charge on any atom is 0.313 e. The maximum absolute atomic E-state index is 13.0. The number of rotatable bonds is 2. The lowest BCUT2D eigenvalue weighted by atomic mass is 10.1. The molecule has 1 aliphatic rings. The first-order valence-electron chi connectivity index (χ1n) is 7.24. The summed E-state index contributed by atoms with van der Waals surface area (Å²) < 4.78 is 1.80. The van der Waals surface area contributed by atoms with Gasteiger partial charge in [0, 0.05) is 12.1 Å². The Hall–Kier alpha value is -2.79. The number of fused-ring (bicyclic) bond motifs is 1. The first-order chi connectivity index (χ1) is 11.3. The number of thiol groups is 1. The molecule has 0 N–H and O–H groups in total. The molecule has 3 aromatic rings. The topological polar surface area (TPSA) is 53.9 Å². The van der Waals surface area contributed by atoms with Gasteiger partial charge in [-0.1, -0.05) is 42.5 Å². The summed E-state index contributed by atoms with van der Waals surface area (Å²) in [5.74, 6) is 0. The highest BCUT2D eigenvalue weighted by molar-refractivity contribution is 8.22. The average Bonchev–Trinajstić information content (AvgIpc) is 3.13. The van der Waals surface area contributed by atoms with Crippen molar-refractivity contribution in [3.05, 3.63) is 88.0 Å². The fourth-order valence-electron chi connectivity index (χ4n) is 2.77. The van der Waals surface area contributed by atoms with E-state index in [4.69, 9.17) is 0 Å². The number of allylic oxidation sites excluding steroid dienone is 2. The van der Waals surface area contributed by atoms with Gasteiger partial charge >= 0.3 is 10.7 Å². The third-order valence-electron chi connectivity index (χ3n) is 3.82. The smallest absolute Gasteiger partial charge is 0.313 e. The van der Waals surface area contributed by atoms with Crippen LogP contribution < -0.4 is 9.46 Å². The second-order valence-electron chi connectivity index (χ2n) is 5.21. The molecule has 0 unspecified atom stereocenters. The maximum atomic E-state index is 13.0. The second kappa shape index (κ2) is 5.44. The van der Waals surface area contributed by atoms with Crippen LogP contribution in [0.5, 0.6) is 0 Å². The standard InChI is InChI=1S/C18H14N2O2S/c21-19-15-10-4-5-11-16(15)20(22)18(23-12-6-7-13-23)17(19)14-8-2-1-3-9-14/h1-13,23H. The van der Waals surface area contributed by atoms with E-state index < -0.39 is 10.9 Å². The highest BCUT2D eigenvalue weighted by Crippen LogP contribution is 2.44. The van der Waals surface area contributed by atoms with E-state index in [1.165, 1.54) is 0 Å². The zero-order valence-electron chi connectivity index (χ0n) is 12.2. The Morgan fingerprint density at radius 1 is 0.696 bits per heavy atom. The van der Waals surface area contributed by atoms with Crippen molar-refractivity contribution in [3.63, 3.8) is 0 Å².